The highest BCUT2D eigenvalue weighted by Crippen LogP contribution is 2.26. The second kappa shape index (κ2) is 7.37. The van der Waals surface area contributed by atoms with Crippen molar-refractivity contribution in [1.29, 1.82) is 0 Å². The Hall–Kier alpha value is -3.12. The number of amides is 2. The van der Waals surface area contributed by atoms with Crippen LogP contribution in [-0.4, -0.2) is 21.4 Å². The number of oxazole rings is 1. The molecule has 6 heteroatoms. The molecule has 2 amide bonds. The summed E-state index contributed by atoms with van der Waals surface area (Å²) in [5, 5.41) is 4.16. The van der Waals surface area contributed by atoms with Crippen LogP contribution in [0.3, 0.4) is 0 Å². The van der Waals surface area contributed by atoms with Crippen molar-refractivity contribution >= 4 is 44.8 Å². The summed E-state index contributed by atoms with van der Waals surface area (Å²) in [6.45, 7) is 0. The van der Waals surface area contributed by atoms with Gasteiger partial charge in [0.2, 0.25) is 5.91 Å². The lowest BCUT2D eigenvalue weighted by Gasteiger charge is -2.04. The van der Waals surface area contributed by atoms with E-state index in [-0.39, 0.29) is 16.4 Å². The molecule has 144 valence electrons. The van der Waals surface area contributed by atoms with E-state index < -0.39 is 0 Å². The predicted molar refractivity (Wildman–Crippen MR) is 114 cm³/mol. The maximum Gasteiger partial charge on any atom is 0.286 e. The highest BCUT2D eigenvalue weighted by Gasteiger charge is 2.31. The molecule has 0 saturated carbocycles. The van der Waals surface area contributed by atoms with Crippen LogP contribution in [0.4, 0.5) is 4.79 Å². The molecule has 1 unspecified atom stereocenters. The quantitative estimate of drug-likeness (QED) is 0.526. The van der Waals surface area contributed by atoms with Crippen molar-refractivity contribution in [3.8, 4) is 0 Å². The van der Waals surface area contributed by atoms with Crippen molar-refractivity contribution in [1.82, 2.24) is 10.3 Å². The summed E-state index contributed by atoms with van der Waals surface area (Å²) >= 11 is 1.04. The Morgan fingerprint density at radius 2 is 1.86 bits per heavy atom. The van der Waals surface area contributed by atoms with Gasteiger partial charge in [0.1, 0.15) is 5.52 Å². The largest absolute Gasteiger partial charge is 0.441 e. The van der Waals surface area contributed by atoms with E-state index >= 15 is 0 Å². The first-order valence-corrected chi connectivity index (χ1v) is 10.4. The Labute approximate surface area is 171 Å². The van der Waals surface area contributed by atoms with Gasteiger partial charge in [-0.05, 0) is 46.9 Å². The Bertz CT molecular complexity index is 1240. The SMILES string of the molecule is O=C1NC(=O)C(Cc2ccc3oc(CCc4cccc5ccccc45)nc3c2)S1. The molecular weight excluding hydrogens is 384 g/mol. The Morgan fingerprint density at radius 1 is 1.00 bits per heavy atom. The third-order valence-electron chi connectivity index (χ3n) is 5.17. The summed E-state index contributed by atoms with van der Waals surface area (Å²) in [5.74, 6) is 0.476. The highest BCUT2D eigenvalue weighted by atomic mass is 32.2. The van der Waals surface area contributed by atoms with E-state index in [1.165, 1.54) is 16.3 Å². The van der Waals surface area contributed by atoms with Gasteiger partial charge in [-0.25, -0.2) is 4.98 Å². The van der Waals surface area contributed by atoms with Crippen LogP contribution in [0.2, 0.25) is 0 Å². The maximum atomic E-state index is 11.8. The molecule has 1 atom stereocenters. The Kier molecular flexibility index (Phi) is 4.56. The number of nitrogens with one attached hydrogen (secondary N) is 1. The highest BCUT2D eigenvalue weighted by molar-refractivity contribution is 8.15. The third kappa shape index (κ3) is 3.63. The van der Waals surface area contributed by atoms with E-state index in [1.54, 1.807) is 0 Å². The van der Waals surface area contributed by atoms with Crippen LogP contribution in [0, 0.1) is 0 Å². The molecule has 1 fully saturated rings. The molecule has 0 bridgehead atoms. The van der Waals surface area contributed by atoms with Crippen LogP contribution in [0.1, 0.15) is 17.0 Å². The lowest BCUT2D eigenvalue weighted by Crippen LogP contribution is -2.25. The fourth-order valence-corrected chi connectivity index (χ4v) is 4.61. The lowest BCUT2D eigenvalue weighted by molar-refractivity contribution is -0.118. The standard InChI is InChI=1S/C23H18N2O3S/c26-22-20(29-23(27)25-22)13-14-8-10-19-18(12-14)24-21(28-19)11-9-16-6-3-5-15-4-1-2-7-17(15)16/h1-8,10,12,20H,9,11,13H2,(H,25,26,27). The fraction of sp³-hybridized carbons (Fsp3) is 0.174. The van der Waals surface area contributed by atoms with Crippen LogP contribution in [-0.2, 0) is 24.1 Å². The van der Waals surface area contributed by atoms with Gasteiger partial charge in [0.25, 0.3) is 5.24 Å². The van der Waals surface area contributed by atoms with Gasteiger partial charge in [-0.15, -0.1) is 0 Å². The van der Waals surface area contributed by atoms with E-state index in [0.717, 1.165) is 34.8 Å². The number of fused-ring (bicyclic) bond motifs is 2. The van der Waals surface area contributed by atoms with Gasteiger partial charge in [-0.2, -0.15) is 0 Å². The summed E-state index contributed by atoms with van der Waals surface area (Å²) in [6.07, 6.45) is 2.06. The van der Waals surface area contributed by atoms with E-state index in [2.05, 4.69) is 46.7 Å². The molecule has 0 aliphatic carbocycles. The summed E-state index contributed by atoms with van der Waals surface area (Å²) in [6, 6.07) is 20.5. The number of hydrogen-bond donors (Lipinski definition) is 1. The fourth-order valence-electron chi connectivity index (χ4n) is 3.75. The molecule has 1 saturated heterocycles. The zero-order valence-electron chi connectivity index (χ0n) is 15.6. The molecule has 4 aromatic rings. The van der Waals surface area contributed by atoms with E-state index in [9.17, 15) is 9.59 Å². The van der Waals surface area contributed by atoms with Gasteiger partial charge < -0.3 is 4.42 Å². The van der Waals surface area contributed by atoms with Crippen molar-refractivity contribution in [3.05, 3.63) is 77.7 Å². The molecule has 1 aromatic heterocycles. The molecule has 0 spiro atoms. The number of carbonyl (C=O) groups excluding carboxylic acids is 2. The van der Waals surface area contributed by atoms with Gasteiger partial charge in [0.05, 0.1) is 5.25 Å². The zero-order valence-corrected chi connectivity index (χ0v) is 16.4. The number of rotatable bonds is 5. The first-order chi connectivity index (χ1) is 14.2. The number of thioether (sulfide) groups is 1. The average Bonchev–Trinajstić information content (AvgIpc) is 3.27. The summed E-state index contributed by atoms with van der Waals surface area (Å²) in [4.78, 5) is 27.8. The van der Waals surface area contributed by atoms with Crippen LogP contribution in [0.5, 0.6) is 0 Å². The smallest absolute Gasteiger partial charge is 0.286 e. The van der Waals surface area contributed by atoms with Crippen molar-refractivity contribution in [2.24, 2.45) is 0 Å². The van der Waals surface area contributed by atoms with Crippen molar-refractivity contribution in [2.45, 2.75) is 24.5 Å². The minimum atomic E-state index is -0.377. The second-order valence-electron chi connectivity index (χ2n) is 7.14. The number of nitrogens with zero attached hydrogens (tertiary/aromatic N) is 1. The lowest BCUT2D eigenvalue weighted by atomic mass is 10.0. The van der Waals surface area contributed by atoms with Gasteiger partial charge in [0.15, 0.2) is 11.5 Å². The predicted octanol–water partition coefficient (Wildman–Crippen LogP) is 4.66. The Morgan fingerprint density at radius 3 is 2.72 bits per heavy atom. The normalized spacial score (nSPS) is 16.6. The van der Waals surface area contributed by atoms with E-state index in [1.807, 2.05) is 24.3 Å². The topological polar surface area (TPSA) is 72.2 Å². The molecule has 1 N–H and O–H groups in total. The minimum Gasteiger partial charge on any atom is -0.441 e. The molecule has 1 aliphatic rings. The Balaban J connectivity index is 1.33. The van der Waals surface area contributed by atoms with Crippen LogP contribution in [0.15, 0.2) is 65.1 Å². The molecule has 5 rings (SSSR count). The molecule has 1 aliphatic heterocycles. The summed E-state index contributed by atoms with van der Waals surface area (Å²) in [5.41, 5.74) is 3.76. The first kappa shape index (κ1) is 17.9. The number of aromatic nitrogens is 1. The minimum absolute atomic E-state index is 0.226. The van der Waals surface area contributed by atoms with Crippen LogP contribution in [0.25, 0.3) is 21.9 Å². The van der Waals surface area contributed by atoms with Crippen LogP contribution < -0.4 is 5.32 Å². The summed E-state index contributed by atoms with van der Waals surface area (Å²) in [7, 11) is 0. The van der Waals surface area contributed by atoms with E-state index in [0.29, 0.717) is 18.7 Å². The third-order valence-corrected chi connectivity index (χ3v) is 6.15. The molecule has 3 aromatic carbocycles. The van der Waals surface area contributed by atoms with Crippen molar-refractivity contribution < 1.29 is 14.0 Å². The van der Waals surface area contributed by atoms with E-state index in [4.69, 9.17) is 4.42 Å². The van der Waals surface area contributed by atoms with Gasteiger partial charge in [0, 0.05) is 6.42 Å². The molecule has 5 nitrogen and oxygen atoms in total. The number of benzene rings is 3. The number of imide groups is 1. The number of hydrogen-bond acceptors (Lipinski definition) is 5. The van der Waals surface area contributed by atoms with Crippen molar-refractivity contribution in [3.63, 3.8) is 0 Å². The average molecular weight is 402 g/mol. The summed E-state index contributed by atoms with van der Waals surface area (Å²) < 4.78 is 5.92. The van der Waals surface area contributed by atoms with Gasteiger partial charge in [-0.1, -0.05) is 60.3 Å². The van der Waals surface area contributed by atoms with Gasteiger partial charge in [-0.3, -0.25) is 14.9 Å². The van der Waals surface area contributed by atoms with Gasteiger partial charge >= 0.3 is 0 Å². The second-order valence-corrected chi connectivity index (χ2v) is 8.31. The monoisotopic (exact) mass is 402 g/mol. The molecular formula is C23H18N2O3S. The number of aryl methyl sites for hydroxylation is 2. The maximum absolute atomic E-state index is 11.8. The first-order valence-electron chi connectivity index (χ1n) is 9.52. The molecule has 2 heterocycles. The van der Waals surface area contributed by atoms with Crippen molar-refractivity contribution in [2.75, 3.05) is 0 Å². The molecule has 29 heavy (non-hydrogen) atoms. The van der Waals surface area contributed by atoms with Crippen LogP contribution >= 0.6 is 11.8 Å². The molecule has 0 radical (unpaired) electrons. The zero-order chi connectivity index (χ0) is 19.8. The number of carbonyl (C=O) groups is 2.